The van der Waals surface area contributed by atoms with Crippen LogP contribution in [0.25, 0.3) is 0 Å². The van der Waals surface area contributed by atoms with E-state index < -0.39 is 17.8 Å². The third-order valence-corrected chi connectivity index (χ3v) is 4.70. The summed E-state index contributed by atoms with van der Waals surface area (Å²) in [5.41, 5.74) is 5.61. The standard InChI is InChI=1S/C18H26F3N3O.2ClH/c1-3-24(4-2)16(17(25)23-11-15(22)12-8-9-12)13-6-5-7-14(10-13)18(19,20)21;;/h5-7,10,12,15-16H,3-4,8-9,11,22H2,1-2H3,(H,23,25);2*1H. The largest absolute Gasteiger partial charge is 0.416 e. The first-order valence-electron chi connectivity index (χ1n) is 8.72. The van der Waals surface area contributed by atoms with E-state index in [4.69, 9.17) is 5.73 Å². The second kappa shape index (κ2) is 11.1. The summed E-state index contributed by atoms with van der Waals surface area (Å²) >= 11 is 0. The molecule has 27 heavy (non-hydrogen) atoms. The van der Waals surface area contributed by atoms with Crippen LogP contribution in [0.15, 0.2) is 24.3 Å². The van der Waals surface area contributed by atoms with E-state index in [0.29, 0.717) is 31.1 Å². The van der Waals surface area contributed by atoms with Crippen LogP contribution >= 0.6 is 24.8 Å². The van der Waals surface area contributed by atoms with Gasteiger partial charge in [-0.15, -0.1) is 24.8 Å². The second-order valence-corrected chi connectivity index (χ2v) is 6.49. The molecule has 9 heteroatoms. The molecule has 2 rings (SSSR count). The van der Waals surface area contributed by atoms with Crippen molar-refractivity contribution in [1.82, 2.24) is 10.2 Å². The minimum atomic E-state index is -4.44. The Balaban J connectivity index is 0.00000338. The van der Waals surface area contributed by atoms with Crippen LogP contribution in [0.1, 0.15) is 43.9 Å². The number of nitrogens with two attached hydrogens (primary N) is 1. The number of hydrogen-bond donors (Lipinski definition) is 2. The van der Waals surface area contributed by atoms with Gasteiger partial charge in [-0.05, 0) is 49.5 Å². The van der Waals surface area contributed by atoms with Gasteiger partial charge in [-0.1, -0.05) is 26.0 Å². The van der Waals surface area contributed by atoms with Gasteiger partial charge < -0.3 is 11.1 Å². The Kier molecular flexibility index (Phi) is 10.7. The number of carbonyl (C=O) groups excluding carboxylic acids is 1. The molecule has 1 aliphatic rings. The number of hydrogen-bond acceptors (Lipinski definition) is 3. The molecule has 2 atom stereocenters. The first-order chi connectivity index (χ1) is 11.8. The molecule has 1 aromatic rings. The van der Waals surface area contributed by atoms with E-state index in [2.05, 4.69) is 5.32 Å². The average molecular weight is 430 g/mol. The highest BCUT2D eigenvalue weighted by atomic mass is 35.5. The van der Waals surface area contributed by atoms with Crippen LogP contribution in [-0.4, -0.2) is 36.5 Å². The van der Waals surface area contributed by atoms with Gasteiger partial charge in [0.2, 0.25) is 5.91 Å². The lowest BCUT2D eigenvalue weighted by Gasteiger charge is -2.30. The van der Waals surface area contributed by atoms with Crippen molar-refractivity contribution in [2.24, 2.45) is 11.7 Å². The van der Waals surface area contributed by atoms with Gasteiger partial charge >= 0.3 is 6.18 Å². The third kappa shape index (κ3) is 7.14. The zero-order valence-corrected chi connectivity index (χ0v) is 17.1. The second-order valence-electron chi connectivity index (χ2n) is 6.49. The molecule has 1 amide bonds. The summed E-state index contributed by atoms with van der Waals surface area (Å²) in [7, 11) is 0. The maximum Gasteiger partial charge on any atom is 0.416 e. The fourth-order valence-corrected chi connectivity index (χ4v) is 3.01. The molecule has 1 fully saturated rings. The minimum Gasteiger partial charge on any atom is -0.353 e. The molecular weight excluding hydrogens is 402 g/mol. The zero-order chi connectivity index (χ0) is 18.6. The number of likely N-dealkylation sites (N-methyl/N-ethyl adjacent to an activating group) is 1. The zero-order valence-electron chi connectivity index (χ0n) is 15.5. The Morgan fingerprint density at radius 1 is 1.26 bits per heavy atom. The molecule has 0 bridgehead atoms. The van der Waals surface area contributed by atoms with Crippen LogP contribution in [0, 0.1) is 5.92 Å². The molecule has 0 saturated heterocycles. The maximum absolute atomic E-state index is 13.0. The molecule has 0 spiro atoms. The van der Waals surface area contributed by atoms with Crippen LogP contribution in [0.3, 0.4) is 0 Å². The number of carbonyl (C=O) groups is 1. The van der Waals surface area contributed by atoms with Crippen LogP contribution in [0.4, 0.5) is 13.2 Å². The number of nitrogens with one attached hydrogen (secondary N) is 1. The topological polar surface area (TPSA) is 58.4 Å². The Bertz CT molecular complexity index is 593. The van der Waals surface area contributed by atoms with E-state index in [0.717, 1.165) is 25.0 Å². The summed E-state index contributed by atoms with van der Waals surface area (Å²) in [5.74, 6) is 0.139. The van der Waals surface area contributed by atoms with Crippen LogP contribution in [0.5, 0.6) is 0 Å². The van der Waals surface area contributed by atoms with E-state index in [-0.39, 0.29) is 36.8 Å². The summed E-state index contributed by atoms with van der Waals surface area (Å²) in [6.45, 7) is 5.22. The lowest BCUT2D eigenvalue weighted by molar-refractivity contribution is -0.138. The first kappa shape index (κ1) is 26.0. The molecule has 156 valence electrons. The molecule has 1 aromatic carbocycles. The Labute approximate surface area is 170 Å². The van der Waals surface area contributed by atoms with Crippen molar-refractivity contribution in [2.45, 2.75) is 44.9 Å². The number of rotatable bonds is 8. The van der Waals surface area contributed by atoms with Crippen LogP contribution < -0.4 is 11.1 Å². The first-order valence-corrected chi connectivity index (χ1v) is 8.72. The van der Waals surface area contributed by atoms with Crippen molar-refractivity contribution in [3.63, 3.8) is 0 Å². The summed E-state index contributed by atoms with van der Waals surface area (Å²) in [5, 5.41) is 2.82. The van der Waals surface area contributed by atoms with Gasteiger partial charge in [0.05, 0.1) is 5.56 Å². The minimum absolute atomic E-state index is 0. The third-order valence-electron chi connectivity index (χ3n) is 4.70. The fraction of sp³-hybridized carbons (Fsp3) is 0.611. The van der Waals surface area contributed by atoms with Crippen LogP contribution in [0.2, 0.25) is 0 Å². The van der Waals surface area contributed by atoms with Crippen molar-refractivity contribution in [2.75, 3.05) is 19.6 Å². The maximum atomic E-state index is 13.0. The highest BCUT2D eigenvalue weighted by Crippen LogP contribution is 2.33. The lowest BCUT2D eigenvalue weighted by atomic mass is 10.0. The Morgan fingerprint density at radius 3 is 2.33 bits per heavy atom. The SMILES string of the molecule is CCN(CC)C(C(=O)NCC(N)C1CC1)c1cccc(C(F)(F)F)c1.Cl.Cl. The van der Waals surface area contributed by atoms with Crippen LogP contribution in [-0.2, 0) is 11.0 Å². The molecule has 2 unspecified atom stereocenters. The molecule has 1 aliphatic carbocycles. The monoisotopic (exact) mass is 429 g/mol. The number of alkyl halides is 3. The molecular formula is C18H28Cl2F3N3O. The van der Waals surface area contributed by atoms with Gasteiger partial charge in [0.1, 0.15) is 6.04 Å². The predicted octanol–water partition coefficient (Wildman–Crippen LogP) is 3.79. The van der Waals surface area contributed by atoms with Gasteiger partial charge in [-0.25, -0.2) is 0 Å². The number of amides is 1. The van der Waals surface area contributed by atoms with Gasteiger partial charge in [-0.3, -0.25) is 9.69 Å². The van der Waals surface area contributed by atoms with E-state index in [1.165, 1.54) is 6.07 Å². The van der Waals surface area contributed by atoms with E-state index in [1.54, 1.807) is 6.07 Å². The molecule has 0 radical (unpaired) electrons. The van der Waals surface area contributed by atoms with Gasteiger partial charge in [0, 0.05) is 12.6 Å². The molecule has 3 N–H and O–H groups in total. The fourth-order valence-electron chi connectivity index (χ4n) is 3.01. The number of nitrogens with zero attached hydrogens (tertiary/aromatic N) is 1. The van der Waals surface area contributed by atoms with Crippen molar-refractivity contribution in [3.8, 4) is 0 Å². The quantitative estimate of drug-likeness (QED) is 0.660. The van der Waals surface area contributed by atoms with E-state index in [9.17, 15) is 18.0 Å². The van der Waals surface area contributed by atoms with Gasteiger partial charge in [-0.2, -0.15) is 13.2 Å². The smallest absolute Gasteiger partial charge is 0.353 e. The summed E-state index contributed by atoms with van der Waals surface area (Å²) in [6, 6.07) is 4.13. The highest BCUT2D eigenvalue weighted by Gasteiger charge is 2.34. The van der Waals surface area contributed by atoms with Gasteiger partial charge in [0.15, 0.2) is 0 Å². The molecule has 4 nitrogen and oxygen atoms in total. The number of benzene rings is 1. The molecule has 0 aromatic heterocycles. The summed E-state index contributed by atoms with van der Waals surface area (Å²) < 4.78 is 39.0. The highest BCUT2D eigenvalue weighted by molar-refractivity contribution is 5.85. The van der Waals surface area contributed by atoms with Crippen molar-refractivity contribution >= 4 is 30.7 Å². The number of halogens is 5. The van der Waals surface area contributed by atoms with E-state index >= 15 is 0 Å². The molecule has 1 saturated carbocycles. The van der Waals surface area contributed by atoms with Crippen molar-refractivity contribution < 1.29 is 18.0 Å². The van der Waals surface area contributed by atoms with Gasteiger partial charge in [0.25, 0.3) is 0 Å². The molecule has 0 heterocycles. The summed E-state index contributed by atoms with van der Waals surface area (Å²) in [4.78, 5) is 14.6. The normalized spacial score (nSPS) is 16.1. The predicted molar refractivity (Wildman–Crippen MR) is 105 cm³/mol. The lowest BCUT2D eigenvalue weighted by Crippen LogP contribution is -2.45. The molecule has 0 aliphatic heterocycles. The van der Waals surface area contributed by atoms with Crippen molar-refractivity contribution in [1.29, 1.82) is 0 Å². The van der Waals surface area contributed by atoms with E-state index in [1.807, 2.05) is 18.7 Å². The summed E-state index contributed by atoms with van der Waals surface area (Å²) in [6.07, 6.45) is -2.29. The average Bonchev–Trinajstić information content (AvgIpc) is 3.41. The van der Waals surface area contributed by atoms with Crippen molar-refractivity contribution in [3.05, 3.63) is 35.4 Å². The Morgan fingerprint density at radius 2 is 1.85 bits per heavy atom. The Hall–Kier alpha value is -1.02.